The summed E-state index contributed by atoms with van der Waals surface area (Å²) in [6.45, 7) is 10.2. The van der Waals surface area contributed by atoms with Crippen LogP contribution < -0.4 is 11.5 Å². The first-order valence-corrected chi connectivity index (χ1v) is 8.66. The van der Waals surface area contributed by atoms with Gasteiger partial charge in [-0.25, -0.2) is 14.8 Å². The molecule has 0 radical (unpaired) electrons. The van der Waals surface area contributed by atoms with E-state index in [0.717, 1.165) is 16.7 Å². The lowest BCUT2D eigenvalue weighted by Gasteiger charge is -2.31. The zero-order chi connectivity index (χ0) is 19.3. The predicted octanol–water partition coefficient (Wildman–Crippen LogP) is 3.39. The molecule has 2 heterocycles. The largest absolute Gasteiger partial charge is 0.438 e. The molecular weight excluding hydrogens is 330 g/mol. The zero-order valence-corrected chi connectivity index (χ0v) is 15.8. The molecule has 0 amide bonds. The van der Waals surface area contributed by atoms with Crippen molar-refractivity contribution in [2.75, 3.05) is 5.73 Å². The molecule has 138 valence electrons. The lowest BCUT2D eigenvalue weighted by atomic mass is 9.72. The topological polar surface area (TPSA) is 111 Å². The number of nitrogens with two attached hydrogens (primary N) is 1. The van der Waals surface area contributed by atoms with Gasteiger partial charge in [0.25, 0.3) is 0 Å². The van der Waals surface area contributed by atoms with Crippen molar-refractivity contribution in [1.82, 2.24) is 20.1 Å². The fraction of sp³-hybridized carbons (Fsp3) is 0.368. The first-order chi connectivity index (χ1) is 12.4. The predicted molar refractivity (Wildman–Crippen MR) is 102 cm³/mol. The van der Waals surface area contributed by atoms with Crippen molar-refractivity contribution in [2.45, 2.75) is 40.0 Å². The van der Waals surface area contributed by atoms with Crippen molar-refractivity contribution in [3.8, 4) is 11.1 Å². The highest BCUT2D eigenvalue weighted by molar-refractivity contribution is 5.62. The number of hydrogen-bond acceptors (Lipinski definition) is 6. The molecule has 0 aliphatic carbocycles. The van der Waals surface area contributed by atoms with Gasteiger partial charge in [-0.3, -0.25) is 9.51 Å². The Labute approximate surface area is 152 Å². The second-order valence-electron chi connectivity index (χ2n) is 6.21. The van der Waals surface area contributed by atoms with Crippen molar-refractivity contribution < 1.29 is 4.52 Å². The minimum atomic E-state index is -0.549. The molecule has 7 nitrogen and oxygen atoms in total. The molecular formula is C19H25N5O2. The third-order valence-corrected chi connectivity index (χ3v) is 4.58. The third-order valence-electron chi connectivity index (χ3n) is 4.58. The monoisotopic (exact) mass is 355 g/mol. The summed E-state index contributed by atoms with van der Waals surface area (Å²) >= 11 is 0. The summed E-state index contributed by atoms with van der Waals surface area (Å²) in [4.78, 5) is 22.1. The Morgan fingerprint density at radius 1 is 1.08 bits per heavy atom. The van der Waals surface area contributed by atoms with Gasteiger partial charge in [0.05, 0.1) is 5.41 Å². The van der Waals surface area contributed by atoms with Crippen LogP contribution in [0.5, 0.6) is 0 Å². The van der Waals surface area contributed by atoms with Gasteiger partial charge in [0, 0.05) is 18.0 Å². The molecule has 3 rings (SSSR count). The molecule has 0 spiro atoms. The van der Waals surface area contributed by atoms with Crippen molar-refractivity contribution in [2.24, 2.45) is 5.92 Å². The molecule has 2 aromatic heterocycles. The van der Waals surface area contributed by atoms with Gasteiger partial charge < -0.3 is 5.73 Å². The number of anilines is 1. The fourth-order valence-corrected chi connectivity index (χ4v) is 2.69. The van der Waals surface area contributed by atoms with Crippen LogP contribution in [0.4, 0.5) is 5.95 Å². The van der Waals surface area contributed by atoms with E-state index >= 15 is 0 Å². The van der Waals surface area contributed by atoms with Gasteiger partial charge in [-0.1, -0.05) is 57.1 Å². The van der Waals surface area contributed by atoms with Crippen molar-refractivity contribution in [1.29, 1.82) is 0 Å². The highest BCUT2D eigenvalue weighted by Crippen LogP contribution is 2.37. The molecule has 0 saturated carbocycles. The van der Waals surface area contributed by atoms with Gasteiger partial charge >= 0.3 is 5.76 Å². The van der Waals surface area contributed by atoms with Crippen molar-refractivity contribution in [3.05, 3.63) is 58.6 Å². The Balaban J connectivity index is 0.00000117. The maximum Gasteiger partial charge on any atom is 0.438 e. The van der Waals surface area contributed by atoms with Crippen LogP contribution in [0.1, 0.15) is 46.0 Å². The molecule has 0 saturated heterocycles. The number of H-pyrrole nitrogens is 1. The minimum absolute atomic E-state index is 0.198. The average molecular weight is 355 g/mol. The number of aromatic amines is 1. The SMILES string of the molecule is CC.CC(C)C(C)(c1ccc(-c2cnc(N)nc2)cc1)c1noc(=O)[nH]1. The van der Waals surface area contributed by atoms with Gasteiger partial charge in [0.15, 0.2) is 5.82 Å². The van der Waals surface area contributed by atoms with Gasteiger partial charge in [0.2, 0.25) is 5.95 Å². The molecule has 3 aromatic rings. The van der Waals surface area contributed by atoms with E-state index < -0.39 is 11.2 Å². The molecule has 1 unspecified atom stereocenters. The maximum atomic E-state index is 11.3. The molecule has 1 aromatic carbocycles. The summed E-state index contributed by atoms with van der Waals surface area (Å²) in [7, 11) is 0. The third kappa shape index (κ3) is 3.66. The summed E-state index contributed by atoms with van der Waals surface area (Å²) in [6.07, 6.45) is 3.38. The molecule has 1 atom stereocenters. The van der Waals surface area contributed by atoms with Gasteiger partial charge in [-0.2, -0.15) is 0 Å². The van der Waals surface area contributed by atoms with Crippen LogP contribution in [0.25, 0.3) is 11.1 Å². The molecule has 26 heavy (non-hydrogen) atoms. The van der Waals surface area contributed by atoms with Crippen LogP contribution in [0.3, 0.4) is 0 Å². The van der Waals surface area contributed by atoms with Crippen molar-refractivity contribution >= 4 is 5.95 Å². The van der Waals surface area contributed by atoms with Crippen molar-refractivity contribution in [3.63, 3.8) is 0 Å². The lowest BCUT2D eigenvalue weighted by molar-refractivity contribution is 0.339. The molecule has 0 fully saturated rings. The number of nitrogens with one attached hydrogen (secondary N) is 1. The van der Waals surface area contributed by atoms with E-state index in [-0.39, 0.29) is 11.9 Å². The van der Waals surface area contributed by atoms with Gasteiger partial charge in [-0.15, -0.1) is 0 Å². The van der Waals surface area contributed by atoms with E-state index in [1.807, 2.05) is 45.0 Å². The Bertz CT molecular complexity index is 881. The van der Waals surface area contributed by atoms with E-state index in [1.54, 1.807) is 12.4 Å². The first kappa shape index (κ1) is 19.4. The number of benzene rings is 1. The smallest absolute Gasteiger partial charge is 0.368 e. The Hall–Kier alpha value is -2.96. The maximum absolute atomic E-state index is 11.3. The second kappa shape index (κ2) is 7.95. The molecule has 7 heteroatoms. The summed E-state index contributed by atoms with van der Waals surface area (Å²) in [5.41, 5.74) is 7.95. The molecule has 0 bridgehead atoms. The number of rotatable bonds is 4. The summed E-state index contributed by atoms with van der Waals surface area (Å²) in [5.74, 6) is 0.417. The van der Waals surface area contributed by atoms with Gasteiger partial charge in [0.1, 0.15) is 0 Å². The van der Waals surface area contributed by atoms with Crippen LogP contribution in [0.15, 0.2) is 46.0 Å². The van der Waals surface area contributed by atoms with Crippen LogP contribution in [-0.2, 0) is 5.41 Å². The van der Waals surface area contributed by atoms with E-state index in [1.165, 1.54) is 0 Å². The number of nitrogens with zero attached hydrogens (tertiary/aromatic N) is 3. The average Bonchev–Trinajstić information content (AvgIpc) is 3.10. The van der Waals surface area contributed by atoms with Crippen LogP contribution in [-0.4, -0.2) is 20.1 Å². The summed E-state index contributed by atoms with van der Waals surface area (Å²) in [5, 5.41) is 3.90. The zero-order valence-electron chi connectivity index (χ0n) is 15.8. The van der Waals surface area contributed by atoms with E-state index in [2.05, 4.69) is 34.0 Å². The highest BCUT2D eigenvalue weighted by atomic mass is 16.5. The standard InChI is InChI=1S/C17H19N5O2.C2H6/c1-10(2)17(3,14-21-16(23)24-22-14)13-6-4-11(5-7-13)12-8-19-15(18)20-9-12;1-2/h4-10H,1-3H3,(H2,18,19,20)(H,21,22,23);1-2H3. The van der Waals surface area contributed by atoms with Crippen LogP contribution in [0.2, 0.25) is 0 Å². The molecule has 0 aliphatic rings. The van der Waals surface area contributed by atoms with Crippen LogP contribution >= 0.6 is 0 Å². The highest BCUT2D eigenvalue weighted by Gasteiger charge is 2.36. The number of aromatic nitrogens is 4. The Morgan fingerprint density at radius 2 is 1.65 bits per heavy atom. The Kier molecular flexibility index (Phi) is 5.92. The normalized spacial score (nSPS) is 13.0. The summed E-state index contributed by atoms with van der Waals surface area (Å²) in [6, 6.07) is 8.00. The minimum Gasteiger partial charge on any atom is -0.368 e. The van der Waals surface area contributed by atoms with Gasteiger partial charge in [-0.05, 0) is 24.0 Å². The lowest BCUT2D eigenvalue weighted by Crippen LogP contribution is -2.32. The quantitative estimate of drug-likeness (QED) is 0.742. The molecule has 0 aliphatic heterocycles. The van der Waals surface area contributed by atoms with E-state index in [0.29, 0.717) is 5.82 Å². The number of hydrogen-bond donors (Lipinski definition) is 2. The second-order valence-corrected chi connectivity index (χ2v) is 6.21. The van der Waals surface area contributed by atoms with E-state index in [4.69, 9.17) is 10.3 Å². The number of nitrogen functional groups attached to an aromatic ring is 1. The Morgan fingerprint density at radius 3 is 2.12 bits per heavy atom. The first-order valence-electron chi connectivity index (χ1n) is 8.66. The molecule has 3 N–H and O–H groups in total. The van der Waals surface area contributed by atoms with Crippen LogP contribution in [0, 0.1) is 5.92 Å². The summed E-state index contributed by atoms with van der Waals surface area (Å²) < 4.78 is 4.70. The fourth-order valence-electron chi connectivity index (χ4n) is 2.69. The van der Waals surface area contributed by atoms with E-state index in [9.17, 15) is 4.79 Å².